The maximum atomic E-state index is 3.70. The van der Waals surface area contributed by atoms with Crippen LogP contribution in [-0.4, -0.2) is 21.0 Å². The Labute approximate surface area is 192 Å². The van der Waals surface area contributed by atoms with E-state index in [9.17, 15) is 0 Å². The number of alkyl halides is 11. The molecule has 0 aliphatic heterocycles. The molecule has 102 valence electrons. The van der Waals surface area contributed by atoms with Gasteiger partial charge in [-0.05, 0) is 0 Å². The number of hydrogen-bond donors (Lipinski definition) is 0. The second kappa shape index (κ2) is 5.97. The standard InChI is InChI=1S/C6HBr11/c7-1-2(8,9)4(12,13)6(16,17)5(14,15)3(1,10)11/h1H. The Balaban J connectivity index is 3.56. The highest BCUT2D eigenvalue weighted by molar-refractivity contribution is 9.36. The molecule has 0 heterocycles. The van der Waals surface area contributed by atoms with Gasteiger partial charge in [0, 0.05) is 0 Å². The Morgan fingerprint density at radius 1 is 0.471 bits per heavy atom. The number of rotatable bonds is 0. The van der Waals surface area contributed by atoms with Gasteiger partial charge in [-0.3, -0.25) is 0 Å². The minimum Gasteiger partial charge on any atom is -0.0839 e. The van der Waals surface area contributed by atoms with E-state index in [2.05, 4.69) is 175 Å². The Hall–Kier alpha value is 5.28. The molecule has 1 saturated carbocycles. The van der Waals surface area contributed by atoms with Gasteiger partial charge in [-0.1, -0.05) is 175 Å². The third-order valence-corrected chi connectivity index (χ3v) is 26.1. The molecule has 1 fully saturated rings. The van der Waals surface area contributed by atoms with Gasteiger partial charge in [0.2, 0.25) is 0 Å². The maximum absolute atomic E-state index is 3.70. The molecule has 0 amide bonds. The Kier molecular flexibility index (Phi) is 7.14. The molecule has 1 aliphatic carbocycles. The average molecular weight is 952 g/mol. The molecule has 0 radical (unpaired) electrons. The quantitative estimate of drug-likeness (QED) is 0.215. The van der Waals surface area contributed by atoms with Crippen molar-refractivity contribution in [2.24, 2.45) is 0 Å². The van der Waals surface area contributed by atoms with Gasteiger partial charge in [0.05, 0.1) is 4.83 Å². The Morgan fingerprint density at radius 3 is 0.941 bits per heavy atom. The fourth-order valence-electron chi connectivity index (χ4n) is 1.16. The summed E-state index contributed by atoms with van der Waals surface area (Å²) in [7, 11) is 0. The predicted octanol–water partition coefficient (Wildman–Crippen LogP) is 8.19. The highest BCUT2D eigenvalue weighted by Crippen LogP contribution is 2.78. The molecular formula is C6HBr11. The van der Waals surface area contributed by atoms with Gasteiger partial charge in [0.1, 0.15) is 16.2 Å². The fourth-order valence-corrected chi connectivity index (χ4v) is 13.4. The van der Waals surface area contributed by atoms with E-state index >= 15 is 0 Å². The summed E-state index contributed by atoms with van der Waals surface area (Å²) < 4.78 is -2.79. The molecular weight excluding hydrogens is 951 g/mol. The van der Waals surface area contributed by atoms with Crippen molar-refractivity contribution in [2.45, 2.75) is 21.0 Å². The van der Waals surface area contributed by atoms with Crippen molar-refractivity contribution in [1.29, 1.82) is 0 Å². The minimum atomic E-state index is -0.607. The minimum absolute atomic E-state index is 0.0526. The first-order chi connectivity index (χ1) is 7.15. The molecule has 11 heteroatoms. The van der Waals surface area contributed by atoms with Crippen LogP contribution in [0.15, 0.2) is 0 Å². The SMILES string of the molecule is BrC1C(Br)(Br)C(Br)(Br)C(Br)(Br)C(Br)(Br)C1(Br)Br. The zero-order valence-corrected chi connectivity index (χ0v) is 24.7. The van der Waals surface area contributed by atoms with Crippen LogP contribution in [0.3, 0.4) is 0 Å². The van der Waals surface area contributed by atoms with E-state index < -0.39 is 16.2 Å². The van der Waals surface area contributed by atoms with Crippen LogP contribution in [0.2, 0.25) is 0 Å². The predicted molar refractivity (Wildman–Crippen MR) is 116 cm³/mol. The van der Waals surface area contributed by atoms with Crippen molar-refractivity contribution < 1.29 is 0 Å². The maximum Gasteiger partial charge on any atom is 0.135 e. The molecule has 0 spiro atoms. The molecule has 0 saturated heterocycles. The lowest BCUT2D eigenvalue weighted by atomic mass is 9.99. The van der Waals surface area contributed by atoms with E-state index in [4.69, 9.17) is 0 Å². The van der Waals surface area contributed by atoms with Crippen LogP contribution in [-0.2, 0) is 0 Å². The zero-order chi connectivity index (χ0) is 14.1. The Morgan fingerprint density at radius 2 is 0.706 bits per heavy atom. The first-order valence-electron chi connectivity index (χ1n) is 3.69. The van der Waals surface area contributed by atoms with E-state index in [1.54, 1.807) is 0 Å². The van der Waals surface area contributed by atoms with Gasteiger partial charge in [-0.2, -0.15) is 0 Å². The van der Waals surface area contributed by atoms with Crippen LogP contribution in [0.4, 0.5) is 0 Å². The van der Waals surface area contributed by atoms with Crippen LogP contribution in [0.25, 0.3) is 0 Å². The zero-order valence-electron chi connectivity index (χ0n) is 7.23. The Bertz CT molecular complexity index is 299. The van der Waals surface area contributed by atoms with Crippen molar-refractivity contribution in [1.82, 2.24) is 0 Å². The van der Waals surface area contributed by atoms with Crippen LogP contribution >= 0.6 is 175 Å². The van der Waals surface area contributed by atoms with E-state index in [1.165, 1.54) is 0 Å². The largest absolute Gasteiger partial charge is 0.135 e. The highest BCUT2D eigenvalue weighted by Gasteiger charge is 2.79. The molecule has 1 rings (SSSR count). The summed E-state index contributed by atoms with van der Waals surface area (Å²) in [4.78, 5) is -0.0526. The summed E-state index contributed by atoms with van der Waals surface area (Å²) in [6.45, 7) is 0. The normalized spacial score (nSPS) is 33.4. The summed E-state index contributed by atoms with van der Waals surface area (Å²) in [5.74, 6) is 0. The second-order valence-electron chi connectivity index (χ2n) is 3.33. The van der Waals surface area contributed by atoms with Gasteiger partial charge in [0.25, 0.3) is 0 Å². The monoisotopic (exact) mass is 941 g/mol. The second-order valence-corrected chi connectivity index (χ2v) is 21.7. The molecule has 0 bridgehead atoms. The van der Waals surface area contributed by atoms with Crippen molar-refractivity contribution in [3.8, 4) is 0 Å². The summed E-state index contributed by atoms with van der Waals surface area (Å²) >= 11 is 40.7. The smallest absolute Gasteiger partial charge is 0.0839 e. The highest BCUT2D eigenvalue weighted by atomic mass is 79.9. The molecule has 1 aliphatic rings. The van der Waals surface area contributed by atoms with Crippen molar-refractivity contribution in [3.05, 3.63) is 0 Å². The molecule has 0 unspecified atom stereocenters. The van der Waals surface area contributed by atoms with Crippen molar-refractivity contribution >= 4 is 175 Å². The summed E-state index contributed by atoms with van der Waals surface area (Å²) in [5.41, 5.74) is 0. The molecule has 0 aromatic heterocycles. The lowest BCUT2D eigenvalue weighted by Gasteiger charge is -2.61. The van der Waals surface area contributed by atoms with E-state index in [0.29, 0.717) is 0 Å². The topological polar surface area (TPSA) is 0 Å². The van der Waals surface area contributed by atoms with Gasteiger partial charge >= 0.3 is 0 Å². The summed E-state index contributed by atoms with van der Waals surface area (Å²) in [6.07, 6.45) is 0. The van der Waals surface area contributed by atoms with Gasteiger partial charge < -0.3 is 0 Å². The number of halogens is 11. The number of hydrogen-bond acceptors (Lipinski definition) is 0. The summed E-state index contributed by atoms with van der Waals surface area (Å²) in [5, 5.41) is 0. The molecule has 0 aromatic rings. The van der Waals surface area contributed by atoms with Crippen LogP contribution in [0.1, 0.15) is 0 Å². The third kappa shape index (κ3) is 2.79. The van der Waals surface area contributed by atoms with E-state index in [-0.39, 0.29) is 4.83 Å². The molecule has 0 atom stereocenters. The third-order valence-electron chi connectivity index (χ3n) is 2.26. The van der Waals surface area contributed by atoms with Crippen molar-refractivity contribution in [3.63, 3.8) is 0 Å². The van der Waals surface area contributed by atoms with Crippen LogP contribution < -0.4 is 0 Å². The first-order valence-corrected chi connectivity index (χ1v) is 12.5. The van der Waals surface area contributed by atoms with Gasteiger partial charge in [0.15, 0.2) is 0 Å². The lowest BCUT2D eigenvalue weighted by molar-refractivity contribution is 0.513. The van der Waals surface area contributed by atoms with Gasteiger partial charge in [-0.25, -0.2) is 0 Å². The fraction of sp³-hybridized carbons (Fsp3) is 1.00. The molecule has 0 aromatic carbocycles. The van der Waals surface area contributed by atoms with Crippen LogP contribution in [0.5, 0.6) is 0 Å². The average Bonchev–Trinajstić information content (AvgIpc) is 2.13. The summed E-state index contributed by atoms with van der Waals surface area (Å²) in [6, 6.07) is 0. The lowest BCUT2D eigenvalue weighted by Crippen LogP contribution is -2.72. The van der Waals surface area contributed by atoms with Gasteiger partial charge in [-0.15, -0.1) is 0 Å². The molecule has 0 nitrogen and oxygen atoms in total. The van der Waals surface area contributed by atoms with Crippen molar-refractivity contribution in [2.75, 3.05) is 0 Å². The van der Waals surface area contributed by atoms with E-state index in [0.717, 1.165) is 0 Å². The van der Waals surface area contributed by atoms with E-state index in [1.807, 2.05) is 0 Å². The molecule has 17 heavy (non-hydrogen) atoms. The molecule has 0 N–H and O–H groups in total. The first kappa shape index (κ1) is 20.3. The van der Waals surface area contributed by atoms with Crippen LogP contribution in [0, 0.1) is 0 Å².